The molecule has 0 saturated carbocycles. The molecule has 0 atom stereocenters. The van der Waals surface area contributed by atoms with Gasteiger partial charge in [0.05, 0.1) is 18.7 Å². The topological polar surface area (TPSA) is 74.3 Å². The maximum Gasteiger partial charge on any atom is 0.245 e. The second-order valence-electron chi connectivity index (χ2n) is 8.48. The van der Waals surface area contributed by atoms with Gasteiger partial charge in [0.25, 0.3) is 0 Å². The van der Waals surface area contributed by atoms with Crippen LogP contribution in [0.15, 0.2) is 72.8 Å². The molecule has 0 unspecified atom stereocenters. The highest BCUT2D eigenvalue weighted by Gasteiger charge is 2.21. The third-order valence-corrected chi connectivity index (χ3v) is 6.98. The van der Waals surface area contributed by atoms with Crippen LogP contribution in [-0.4, -0.2) is 34.8 Å². The number of carbonyl (C=O) groups is 2. The van der Waals surface area contributed by atoms with Crippen molar-refractivity contribution in [3.8, 4) is 0 Å². The third-order valence-electron chi connectivity index (χ3n) is 5.98. The summed E-state index contributed by atoms with van der Waals surface area (Å²) in [6.45, 7) is 2.61. The van der Waals surface area contributed by atoms with Crippen LogP contribution in [0.3, 0.4) is 0 Å². The Morgan fingerprint density at radius 1 is 0.941 bits per heavy atom. The van der Waals surface area contributed by atoms with Gasteiger partial charge in [-0.15, -0.1) is 11.3 Å². The number of carbonyl (C=O) groups excluding carboxylic acids is 2. The van der Waals surface area contributed by atoms with Crippen LogP contribution in [0.5, 0.6) is 0 Å². The van der Waals surface area contributed by atoms with Crippen molar-refractivity contribution >= 4 is 39.1 Å². The van der Waals surface area contributed by atoms with Crippen molar-refractivity contribution in [1.82, 2.24) is 15.2 Å². The Morgan fingerprint density at radius 3 is 2.62 bits per heavy atom. The van der Waals surface area contributed by atoms with Crippen LogP contribution in [0, 0.1) is 0 Å². The van der Waals surface area contributed by atoms with Gasteiger partial charge in [0.1, 0.15) is 0 Å². The predicted octanol–water partition coefficient (Wildman–Crippen LogP) is 4.15. The Bertz CT molecular complexity index is 1310. The van der Waals surface area contributed by atoms with Crippen molar-refractivity contribution in [3.05, 3.63) is 94.5 Å². The van der Waals surface area contributed by atoms with E-state index in [4.69, 9.17) is 0 Å². The summed E-state index contributed by atoms with van der Waals surface area (Å²) in [6.07, 6.45) is 1.10. The van der Waals surface area contributed by atoms with E-state index in [9.17, 15) is 9.59 Å². The second kappa shape index (κ2) is 10.2. The summed E-state index contributed by atoms with van der Waals surface area (Å²) >= 11 is 1.52. The first-order valence-electron chi connectivity index (χ1n) is 11.4. The van der Waals surface area contributed by atoms with Crippen molar-refractivity contribution in [2.45, 2.75) is 25.9 Å². The van der Waals surface area contributed by atoms with Gasteiger partial charge in [0, 0.05) is 30.9 Å². The fraction of sp³-hybridized carbons (Fsp3) is 0.222. The third kappa shape index (κ3) is 5.32. The molecule has 0 fully saturated rings. The second-order valence-corrected chi connectivity index (χ2v) is 9.56. The Morgan fingerprint density at radius 2 is 1.74 bits per heavy atom. The first-order chi connectivity index (χ1) is 16.6. The van der Waals surface area contributed by atoms with Gasteiger partial charge >= 0.3 is 0 Å². The largest absolute Gasteiger partial charge is 0.347 e. The highest BCUT2D eigenvalue weighted by molar-refractivity contribution is 7.15. The lowest BCUT2D eigenvalue weighted by Gasteiger charge is -2.25. The monoisotopic (exact) mass is 470 g/mol. The molecule has 7 heteroatoms. The molecule has 2 heterocycles. The summed E-state index contributed by atoms with van der Waals surface area (Å²) in [6, 6.07) is 24.3. The molecule has 2 N–H and O–H groups in total. The number of amides is 2. The van der Waals surface area contributed by atoms with E-state index in [1.165, 1.54) is 21.8 Å². The summed E-state index contributed by atoms with van der Waals surface area (Å²) in [5, 5.41) is 8.33. The molecule has 0 spiro atoms. The van der Waals surface area contributed by atoms with Gasteiger partial charge in [0.2, 0.25) is 11.8 Å². The summed E-state index contributed by atoms with van der Waals surface area (Å²) < 4.78 is 0. The molecule has 1 aromatic heterocycles. The minimum atomic E-state index is -0.265. The molecule has 0 radical (unpaired) electrons. The smallest absolute Gasteiger partial charge is 0.245 e. The lowest BCUT2D eigenvalue weighted by molar-refractivity contribution is -0.123. The SMILES string of the molecule is O=C(Cc1cccc2ccccc12)NCC(=O)Nc1nc2c(s1)CN(Cc1ccccc1)CC2. The summed E-state index contributed by atoms with van der Waals surface area (Å²) in [5.41, 5.74) is 3.30. The van der Waals surface area contributed by atoms with Gasteiger partial charge in [-0.2, -0.15) is 0 Å². The molecule has 4 aromatic rings. The molecular weight excluding hydrogens is 444 g/mol. The van der Waals surface area contributed by atoms with Crippen LogP contribution in [0.1, 0.15) is 21.7 Å². The normalized spacial score (nSPS) is 13.4. The first kappa shape index (κ1) is 22.3. The number of hydrogen-bond donors (Lipinski definition) is 2. The molecular formula is C27H26N4O2S. The number of hydrogen-bond acceptors (Lipinski definition) is 5. The molecule has 34 heavy (non-hydrogen) atoms. The van der Waals surface area contributed by atoms with E-state index in [2.05, 4.69) is 44.8 Å². The van der Waals surface area contributed by atoms with Crippen molar-refractivity contribution in [1.29, 1.82) is 0 Å². The average Bonchev–Trinajstić information content (AvgIpc) is 3.25. The zero-order valence-electron chi connectivity index (χ0n) is 18.8. The van der Waals surface area contributed by atoms with Crippen LogP contribution in [0.25, 0.3) is 10.8 Å². The maximum absolute atomic E-state index is 12.4. The quantitative estimate of drug-likeness (QED) is 0.426. The van der Waals surface area contributed by atoms with Gasteiger partial charge in [-0.3, -0.25) is 14.5 Å². The standard InChI is InChI=1S/C27H26N4O2S/c32-25(15-21-11-6-10-20-9-4-5-12-22(20)21)28-16-26(33)30-27-29-23-13-14-31(18-24(23)34-27)17-19-7-2-1-3-8-19/h1-12H,13-18H2,(H,28,32)(H,29,30,33). The van der Waals surface area contributed by atoms with E-state index in [1.807, 2.05) is 48.5 Å². The summed E-state index contributed by atoms with van der Waals surface area (Å²) in [7, 11) is 0. The lowest BCUT2D eigenvalue weighted by atomic mass is 10.0. The van der Waals surface area contributed by atoms with Crippen molar-refractivity contribution < 1.29 is 9.59 Å². The molecule has 2 amide bonds. The van der Waals surface area contributed by atoms with Crippen LogP contribution in [0.2, 0.25) is 0 Å². The minimum absolute atomic E-state index is 0.0754. The molecule has 0 saturated heterocycles. The number of benzene rings is 3. The van der Waals surface area contributed by atoms with Gasteiger partial charge < -0.3 is 10.6 Å². The maximum atomic E-state index is 12.4. The van der Waals surface area contributed by atoms with Gasteiger partial charge in [0.15, 0.2) is 5.13 Å². The van der Waals surface area contributed by atoms with Crippen LogP contribution >= 0.6 is 11.3 Å². The molecule has 1 aliphatic rings. The number of thiazole rings is 1. The molecule has 1 aliphatic heterocycles. The van der Waals surface area contributed by atoms with Gasteiger partial charge in [-0.1, -0.05) is 72.8 Å². The van der Waals surface area contributed by atoms with Gasteiger partial charge in [-0.25, -0.2) is 4.98 Å². The Hall–Kier alpha value is -3.55. The van der Waals surface area contributed by atoms with E-state index in [0.717, 1.165) is 48.1 Å². The molecule has 3 aromatic carbocycles. The predicted molar refractivity (Wildman–Crippen MR) is 136 cm³/mol. The first-order valence-corrected chi connectivity index (χ1v) is 12.2. The number of nitrogens with one attached hydrogen (secondary N) is 2. The highest BCUT2D eigenvalue weighted by atomic mass is 32.1. The molecule has 0 bridgehead atoms. The van der Waals surface area contributed by atoms with E-state index in [0.29, 0.717) is 5.13 Å². The number of aromatic nitrogens is 1. The lowest BCUT2D eigenvalue weighted by Crippen LogP contribution is -2.33. The van der Waals surface area contributed by atoms with E-state index in [-0.39, 0.29) is 24.8 Å². The number of anilines is 1. The number of fused-ring (bicyclic) bond motifs is 2. The zero-order chi connectivity index (χ0) is 23.3. The average molecular weight is 471 g/mol. The summed E-state index contributed by atoms with van der Waals surface area (Å²) in [5.74, 6) is -0.444. The zero-order valence-corrected chi connectivity index (χ0v) is 19.6. The van der Waals surface area contributed by atoms with Gasteiger partial charge in [-0.05, 0) is 21.9 Å². The van der Waals surface area contributed by atoms with Crippen LogP contribution < -0.4 is 10.6 Å². The summed E-state index contributed by atoms with van der Waals surface area (Å²) in [4.78, 5) is 33.1. The van der Waals surface area contributed by atoms with Crippen LogP contribution in [0.4, 0.5) is 5.13 Å². The number of nitrogens with zero attached hydrogens (tertiary/aromatic N) is 2. The molecule has 172 valence electrons. The molecule has 0 aliphatic carbocycles. The van der Waals surface area contributed by atoms with E-state index < -0.39 is 0 Å². The Kier molecular flexibility index (Phi) is 6.65. The minimum Gasteiger partial charge on any atom is -0.347 e. The van der Waals surface area contributed by atoms with Crippen molar-refractivity contribution in [2.75, 3.05) is 18.4 Å². The fourth-order valence-corrected chi connectivity index (χ4v) is 5.37. The fourth-order valence-electron chi connectivity index (χ4n) is 4.30. The van der Waals surface area contributed by atoms with E-state index >= 15 is 0 Å². The molecule has 6 nitrogen and oxygen atoms in total. The Labute approximate surface area is 202 Å². The van der Waals surface area contributed by atoms with Crippen molar-refractivity contribution in [3.63, 3.8) is 0 Å². The molecule has 5 rings (SSSR count). The van der Waals surface area contributed by atoms with Crippen molar-refractivity contribution in [2.24, 2.45) is 0 Å². The Balaban J connectivity index is 1.13. The van der Waals surface area contributed by atoms with E-state index in [1.54, 1.807) is 0 Å². The number of rotatable bonds is 7. The van der Waals surface area contributed by atoms with Crippen LogP contribution in [-0.2, 0) is 35.5 Å². The highest BCUT2D eigenvalue weighted by Crippen LogP contribution is 2.29.